The van der Waals surface area contributed by atoms with Crippen LogP contribution in [0.3, 0.4) is 0 Å². The van der Waals surface area contributed by atoms with E-state index in [1.165, 1.54) is 33.5 Å². The van der Waals surface area contributed by atoms with E-state index in [0.717, 1.165) is 5.56 Å². The van der Waals surface area contributed by atoms with Crippen molar-refractivity contribution in [2.45, 2.75) is 24.0 Å². The molecule has 240 valence electrons. The van der Waals surface area contributed by atoms with Crippen LogP contribution in [0.1, 0.15) is 22.7 Å². The molecule has 9 nitrogen and oxygen atoms in total. The van der Waals surface area contributed by atoms with Gasteiger partial charge in [-0.1, -0.05) is 89.9 Å². The van der Waals surface area contributed by atoms with E-state index in [1.807, 2.05) is 36.4 Å². The molecule has 1 aliphatic rings. The molecule has 0 bridgehead atoms. The van der Waals surface area contributed by atoms with E-state index in [2.05, 4.69) is 5.32 Å². The lowest BCUT2D eigenvalue weighted by Crippen LogP contribution is -2.45. The first-order valence-corrected chi connectivity index (χ1v) is 16.8. The highest BCUT2D eigenvalue weighted by molar-refractivity contribution is 7.89. The third kappa shape index (κ3) is 8.45. The van der Waals surface area contributed by atoms with Gasteiger partial charge in [0.1, 0.15) is 11.8 Å². The molecular weight excluding hydrogens is 649 g/mol. The van der Waals surface area contributed by atoms with E-state index in [1.54, 1.807) is 42.5 Å². The van der Waals surface area contributed by atoms with Crippen LogP contribution >= 0.6 is 23.2 Å². The lowest BCUT2D eigenvalue weighted by molar-refractivity contribution is -0.143. The Morgan fingerprint density at radius 2 is 1.54 bits per heavy atom. The van der Waals surface area contributed by atoms with Crippen molar-refractivity contribution in [2.24, 2.45) is 0 Å². The molecule has 1 saturated heterocycles. The fourth-order valence-electron chi connectivity index (χ4n) is 5.03. The highest BCUT2D eigenvalue weighted by Crippen LogP contribution is 2.26. The molecule has 12 heteroatoms. The minimum atomic E-state index is -3.68. The number of hydrogen-bond acceptors (Lipinski definition) is 6. The topological polar surface area (TPSA) is 105 Å². The third-order valence-corrected chi connectivity index (χ3v) is 9.95. The predicted molar refractivity (Wildman–Crippen MR) is 176 cm³/mol. The summed E-state index contributed by atoms with van der Waals surface area (Å²) in [5.41, 5.74) is 2.11. The van der Waals surface area contributed by atoms with Gasteiger partial charge in [0.05, 0.1) is 18.1 Å². The molecule has 0 radical (unpaired) electrons. The molecule has 5 rings (SSSR count). The van der Waals surface area contributed by atoms with Gasteiger partial charge in [0.25, 0.3) is 5.91 Å². The summed E-state index contributed by atoms with van der Waals surface area (Å²) in [5.74, 6) is -0.534. The Kier molecular flexibility index (Phi) is 11.3. The fraction of sp³-hybridized carbons (Fsp3) is 0.235. The standard InChI is InChI=1S/C34H33Cl2N3O6S/c35-28-12-11-27(31(36)21-28)22-37-34(41)33(26-9-5-2-6-10-26)39(23-25-7-3-1-4-8-25)32(40)24-45-29-13-15-30(16-14-29)46(42,43)38-17-19-44-20-18-38/h1-16,21,33H,17-20,22-24H2,(H,37,41). The average Bonchev–Trinajstić information content (AvgIpc) is 3.08. The molecule has 1 N–H and O–H groups in total. The van der Waals surface area contributed by atoms with E-state index in [4.69, 9.17) is 32.7 Å². The van der Waals surface area contributed by atoms with E-state index in [0.29, 0.717) is 40.1 Å². The number of rotatable bonds is 12. The van der Waals surface area contributed by atoms with Crippen LogP contribution in [0, 0.1) is 0 Å². The van der Waals surface area contributed by atoms with E-state index in [-0.39, 0.29) is 37.7 Å². The monoisotopic (exact) mass is 681 g/mol. The van der Waals surface area contributed by atoms with Crippen LogP contribution in [0.15, 0.2) is 108 Å². The van der Waals surface area contributed by atoms with E-state index >= 15 is 0 Å². The minimum absolute atomic E-state index is 0.125. The summed E-state index contributed by atoms with van der Waals surface area (Å²) in [6.07, 6.45) is 0. The molecule has 1 heterocycles. The van der Waals surface area contributed by atoms with E-state index in [9.17, 15) is 18.0 Å². The largest absolute Gasteiger partial charge is 0.484 e. The summed E-state index contributed by atoms with van der Waals surface area (Å²) in [5, 5.41) is 3.83. The number of nitrogens with one attached hydrogen (secondary N) is 1. The smallest absolute Gasteiger partial charge is 0.261 e. The van der Waals surface area contributed by atoms with Crippen LogP contribution in [-0.4, -0.2) is 62.3 Å². The van der Waals surface area contributed by atoms with Gasteiger partial charge in [-0.25, -0.2) is 8.42 Å². The summed E-state index contributed by atoms with van der Waals surface area (Å²) in [6.45, 7) is 1.14. The zero-order valence-electron chi connectivity index (χ0n) is 24.9. The minimum Gasteiger partial charge on any atom is -0.484 e. The molecule has 1 atom stereocenters. The number of ether oxygens (including phenoxy) is 2. The first kappa shape index (κ1) is 33.4. The summed E-state index contributed by atoms with van der Waals surface area (Å²) < 4.78 is 38.5. The van der Waals surface area contributed by atoms with Gasteiger partial charge in [-0.15, -0.1) is 0 Å². The number of sulfonamides is 1. The maximum atomic E-state index is 13.9. The van der Waals surface area contributed by atoms with Gasteiger partial charge in [-0.3, -0.25) is 9.59 Å². The van der Waals surface area contributed by atoms with Crippen molar-refractivity contribution < 1.29 is 27.5 Å². The Morgan fingerprint density at radius 1 is 0.891 bits per heavy atom. The maximum absolute atomic E-state index is 13.9. The van der Waals surface area contributed by atoms with Gasteiger partial charge in [-0.05, 0) is 53.1 Å². The number of benzene rings is 4. The molecule has 1 fully saturated rings. The van der Waals surface area contributed by atoms with Crippen molar-refractivity contribution in [3.8, 4) is 5.75 Å². The number of amides is 2. The molecule has 4 aromatic rings. The zero-order valence-corrected chi connectivity index (χ0v) is 27.2. The number of carbonyl (C=O) groups excluding carboxylic acids is 2. The van der Waals surface area contributed by atoms with Gasteiger partial charge in [-0.2, -0.15) is 4.31 Å². The number of carbonyl (C=O) groups is 2. The van der Waals surface area contributed by atoms with Crippen molar-refractivity contribution in [1.29, 1.82) is 0 Å². The van der Waals surface area contributed by atoms with Gasteiger partial charge in [0, 0.05) is 36.2 Å². The second-order valence-corrected chi connectivity index (χ2v) is 13.3. The highest BCUT2D eigenvalue weighted by atomic mass is 35.5. The number of nitrogens with zero attached hydrogens (tertiary/aromatic N) is 2. The molecule has 1 unspecified atom stereocenters. The Balaban J connectivity index is 1.36. The third-order valence-electron chi connectivity index (χ3n) is 7.45. The van der Waals surface area contributed by atoms with Crippen molar-refractivity contribution in [3.05, 3.63) is 130 Å². The molecule has 46 heavy (non-hydrogen) atoms. The lowest BCUT2D eigenvalue weighted by Gasteiger charge is -2.31. The van der Waals surface area contributed by atoms with Crippen molar-refractivity contribution in [1.82, 2.24) is 14.5 Å². The molecule has 0 aliphatic carbocycles. The number of halogens is 2. The van der Waals surface area contributed by atoms with Gasteiger partial charge in [0.2, 0.25) is 15.9 Å². The van der Waals surface area contributed by atoms with Gasteiger partial charge >= 0.3 is 0 Å². The Bertz CT molecular complexity index is 1740. The Hall–Kier alpha value is -3.93. The summed E-state index contributed by atoms with van der Waals surface area (Å²) in [4.78, 5) is 29.4. The van der Waals surface area contributed by atoms with Crippen molar-refractivity contribution in [3.63, 3.8) is 0 Å². The van der Waals surface area contributed by atoms with Crippen LogP contribution in [0.4, 0.5) is 0 Å². The highest BCUT2D eigenvalue weighted by Gasteiger charge is 2.32. The van der Waals surface area contributed by atoms with Crippen LogP contribution < -0.4 is 10.1 Å². The molecule has 0 saturated carbocycles. The first-order valence-electron chi connectivity index (χ1n) is 14.6. The molecule has 0 aromatic heterocycles. The molecule has 0 spiro atoms. The Labute approximate surface area is 278 Å². The fourth-order valence-corrected chi connectivity index (χ4v) is 6.91. The van der Waals surface area contributed by atoms with Crippen molar-refractivity contribution >= 4 is 45.0 Å². The molecule has 4 aromatic carbocycles. The lowest BCUT2D eigenvalue weighted by atomic mass is 10.0. The SMILES string of the molecule is O=C(NCc1ccc(Cl)cc1Cl)C(c1ccccc1)N(Cc1ccccc1)C(=O)COc1ccc(S(=O)(=O)N2CCOCC2)cc1. The normalized spacial score (nSPS) is 14.3. The zero-order chi connectivity index (χ0) is 32.5. The van der Waals surface area contributed by atoms with Crippen LogP contribution in [0.2, 0.25) is 10.0 Å². The summed E-state index contributed by atoms with van der Waals surface area (Å²) in [7, 11) is -3.68. The Morgan fingerprint density at radius 3 is 2.20 bits per heavy atom. The predicted octanol–water partition coefficient (Wildman–Crippen LogP) is 5.48. The number of morpholine rings is 1. The van der Waals surface area contributed by atoms with Gasteiger partial charge in [0.15, 0.2) is 6.61 Å². The maximum Gasteiger partial charge on any atom is 0.261 e. The summed E-state index contributed by atoms with van der Waals surface area (Å²) >= 11 is 12.4. The van der Waals surface area contributed by atoms with Gasteiger partial charge < -0.3 is 19.7 Å². The summed E-state index contributed by atoms with van der Waals surface area (Å²) in [6, 6.07) is 28.3. The molecular formula is C34H33Cl2N3O6S. The quantitative estimate of drug-likeness (QED) is 0.212. The average molecular weight is 683 g/mol. The second-order valence-electron chi connectivity index (χ2n) is 10.6. The second kappa shape index (κ2) is 15.6. The van der Waals surface area contributed by atoms with Crippen LogP contribution in [-0.2, 0) is 37.4 Å². The van der Waals surface area contributed by atoms with Crippen LogP contribution in [0.25, 0.3) is 0 Å². The molecule has 1 aliphatic heterocycles. The van der Waals surface area contributed by atoms with Crippen molar-refractivity contribution in [2.75, 3.05) is 32.9 Å². The van der Waals surface area contributed by atoms with E-state index < -0.39 is 27.9 Å². The molecule has 2 amide bonds. The first-order chi connectivity index (χ1) is 22.2. The number of hydrogen-bond donors (Lipinski definition) is 1. The van der Waals surface area contributed by atoms with Crippen LogP contribution in [0.5, 0.6) is 5.75 Å².